The van der Waals surface area contributed by atoms with Crippen molar-refractivity contribution < 1.29 is 22.0 Å². The molecule has 4 aromatic rings. The summed E-state index contributed by atoms with van der Waals surface area (Å²) in [7, 11) is -3.97. The van der Waals surface area contributed by atoms with Gasteiger partial charge in [0.2, 0.25) is 15.0 Å². The van der Waals surface area contributed by atoms with Gasteiger partial charge in [-0.1, -0.05) is 53.7 Å². The Morgan fingerprint density at radius 2 is 1.71 bits per heavy atom. The van der Waals surface area contributed by atoms with E-state index in [4.69, 9.17) is 18.6 Å². The number of benzene rings is 1. The molecule has 3 aromatic heterocycles. The van der Waals surface area contributed by atoms with E-state index in [0.29, 0.717) is 46.7 Å². The summed E-state index contributed by atoms with van der Waals surface area (Å²) in [6, 6.07) is 9.52. The number of sulfone groups is 1. The molecule has 4 rings (SSSR count). The third-order valence-corrected chi connectivity index (χ3v) is 14.8. The van der Waals surface area contributed by atoms with Crippen LogP contribution in [0, 0.1) is 0 Å². The van der Waals surface area contributed by atoms with E-state index in [9.17, 15) is 8.42 Å². The second-order valence-electron chi connectivity index (χ2n) is 11.5. The van der Waals surface area contributed by atoms with Gasteiger partial charge in [-0.3, -0.25) is 0 Å². The highest BCUT2D eigenvalue weighted by Crippen LogP contribution is 2.42. The molecule has 3 heterocycles. The Bertz CT molecular complexity index is 1570. The molecule has 0 aliphatic rings. The maximum absolute atomic E-state index is 12.3. The van der Waals surface area contributed by atoms with Gasteiger partial charge in [-0.2, -0.15) is 0 Å². The van der Waals surface area contributed by atoms with Gasteiger partial charge in [-0.05, 0) is 41.2 Å². The quantitative estimate of drug-likeness (QED) is 0.0930. The van der Waals surface area contributed by atoms with Crippen molar-refractivity contribution in [1.82, 2.24) is 19.5 Å². The first kappa shape index (κ1) is 31.1. The van der Waals surface area contributed by atoms with Crippen molar-refractivity contribution in [3.05, 3.63) is 48.6 Å². The van der Waals surface area contributed by atoms with Crippen molar-refractivity contribution >= 4 is 29.1 Å². The van der Waals surface area contributed by atoms with E-state index in [-0.39, 0.29) is 11.9 Å². The minimum absolute atomic E-state index is 0.225. The number of hydrogen-bond donors (Lipinski definition) is 0. The number of aryl methyl sites for hydroxylation is 1. The lowest BCUT2D eigenvalue weighted by Crippen LogP contribution is -2.48. The van der Waals surface area contributed by atoms with Crippen molar-refractivity contribution in [1.29, 1.82) is 0 Å². The fraction of sp³-hybridized carbons (Fsp3) is 0.500. The highest BCUT2D eigenvalue weighted by atomic mass is 32.2. The number of hydrogen-bond acceptors (Lipinski definition) is 8. The van der Waals surface area contributed by atoms with Crippen LogP contribution in [0.3, 0.4) is 0 Å². The van der Waals surface area contributed by atoms with Gasteiger partial charge in [0.1, 0.15) is 18.1 Å². The number of nitrogens with zero attached hydrogens (tertiary/aromatic N) is 4. The van der Waals surface area contributed by atoms with Crippen LogP contribution in [0.5, 0.6) is 0 Å². The number of furan rings is 1. The standard InChI is InChI=1S/C30H42N4O5SSi/c1-20(2)41(21(3)4,22(5)6)39-16-9-10-27-33-28(24-12-11-23-14-17-38-26(23)18-24)29(34(27)19-37-7)25-13-15-31-30(32-25)40(8,35)36/h11-15,17-18,20-22H,9-10,16,19H2,1-8H3. The maximum Gasteiger partial charge on any atom is 0.247 e. The van der Waals surface area contributed by atoms with Crippen molar-refractivity contribution in [2.75, 3.05) is 20.0 Å². The summed E-state index contributed by atoms with van der Waals surface area (Å²) in [5.41, 5.74) is 4.88. The molecule has 0 saturated heterocycles. The normalized spacial score (nSPS) is 12.9. The Labute approximate surface area is 244 Å². The van der Waals surface area contributed by atoms with Crippen LogP contribution in [0.4, 0.5) is 0 Å². The van der Waals surface area contributed by atoms with Crippen LogP contribution in [-0.2, 0) is 32.2 Å². The van der Waals surface area contributed by atoms with E-state index >= 15 is 0 Å². The minimum Gasteiger partial charge on any atom is -0.464 e. The molecular weight excluding hydrogens is 557 g/mol. The first-order valence-corrected chi connectivity index (χ1v) is 18.2. The topological polar surface area (TPSA) is 109 Å². The van der Waals surface area contributed by atoms with Gasteiger partial charge in [0.05, 0.1) is 23.3 Å². The molecule has 11 heteroatoms. The molecule has 0 saturated carbocycles. The van der Waals surface area contributed by atoms with Gasteiger partial charge in [0, 0.05) is 43.5 Å². The summed E-state index contributed by atoms with van der Waals surface area (Å²) in [4.78, 5) is 13.5. The summed E-state index contributed by atoms with van der Waals surface area (Å²) in [5, 5.41) is 0.749. The summed E-state index contributed by atoms with van der Waals surface area (Å²) >= 11 is 0. The Morgan fingerprint density at radius 1 is 1.00 bits per heavy atom. The average molecular weight is 599 g/mol. The summed E-state index contributed by atoms with van der Waals surface area (Å²) in [5.74, 6) is 0.811. The van der Waals surface area contributed by atoms with Crippen LogP contribution < -0.4 is 0 Å². The second kappa shape index (κ2) is 12.6. The van der Waals surface area contributed by atoms with Crippen LogP contribution in [0.2, 0.25) is 16.6 Å². The predicted octanol–water partition coefficient (Wildman–Crippen LogP) is 6.89. The Hall–Kier alpha value is -2.86. The van der Waals surface area contributed by atoms with E-state index in [2.05, 4.69) is 51.5 Å². The van der Waals surface area contributed by atoms with Gasteiger partial charge in [-0.15, -0.1) is 0 Å². The van der Waals surface area contributed by atoms with E-state index < -0.39 is 18.2 Å². The molecule has 0 unspecified atom stereocenters. The molecule has 0 spiro atoms. The predicted molar refractivity (Wildman–Crippen MR) is 164 cm³/mol. The highest BCUT2D eigenvalue weighted by molar-refractivity contribution is 7.90. The zero-order chi connectivity index (χ0) is 29.9. The second-order valence-corrected chi connectivity index (χ2v) is 18.9. The van der Waals surface area contributed by atoms with Crippen LogP contribution in [0.1, 0.15) is 53.8 Å². The molecule has 9 nitrogen and oxygen atoms in total. The fourth-order valence-electron chi connectivity index (χ4n) is 6.15. The van der Waals surface area contributed by atoms with Crippen LogP contribution in [-0.4, -0.2) is 56.2 Å². The van der Waals surface area contributed by atoms with E-state index in [1.54, 1.807) is 19.4 Å². The van der Waals surface area contributed by atoms with Crippen molar-refractivity contribution in [2.24, 2.45) is 0 Å². The van der Waals surface area contributed by atoms with Gasteiger partial charge >= 0.3 is 0 Å². The summed E-state index contributed by atoms with van der Waals surface area (Å²) < 4.78 is 44.7. The first-order valence-electron chi connectivity index (χ1n) is 14.1. The largest absolute Gasteiger partial charge is 0.464 e. The lowest BCUT2D eigenvalue weighted by atomic mass is 10.1. The molecule has 0 radical (unpaired) electrons. The Morgan fingerprint density at radius 3 is 2.34 bits per heavy atom. The molecule has 0 aliphatic carbocycles. The molecular formula is C30H42N4O5SSi. The number of ether oxygens (including phenoxy) is 1. The molecule has 0 amide bonds. The molecule has 0 aliphatic heterocycles. The van der Waals surface area contributed by atoms with Crippen molar-refractivity contribution in [3.8, 4) is 22.6 Å². The van der Waals surface area contributed by atoms with Crippen LogP contribution >= 0.6 is 0 Å². The molecule has 41 heavy (non-hydrogen) atoms. The summed E-state index contributed by atoms with van der Waals surface area (Å²) in [6.45, 7) is 14.6. The molecule has 1 aromatic carbocycles. The SMILES string of the molecule is COCn1c(CCCO[Si](C(C)C)(C(C)C)C(C)C)nc(-c2ccc3ccoc3c2)c1-c1ccnc(S(C)(=O)=O)n1. The highest BCUT2D eigenvalue weighted by Gasteiger charge is 2.44. The van der Waals surface area contributed by atoms with Crippen molar-refractivity contribution in [2.45, 2.75) is 82.9 Å². The molecule has 0 bridgehead atoms. The first-order chi connectivity index (χ1) is 19.4. The average Bonchev–Trinajstić information content (AvgIpc) is 3.52. The minimum atomic E-state index is -3.61. The summed E-state index contributed by atoms with van der Waals surface area (Å²) in [6.07, 6.45) is 5.66. The van der Waals surface area contributed by atoms with Gasteiger partial charge < -0.3 is 18.1 Å². The number of aromatic nitrogens is 4. The number of fused-ring (bicyclic) bond motifs is 1. The third kappa shape index (κ3) is 6.33. The van der Waals surface area contributed by atoms with Gasteiger partial charge in [0.25, 0.3) is 0 Å². The van der Waals surface area contributed by atoms with E-state index in [1.807, 2.05) is 28.8 Å². The lowest BCUT2D eigenvalue weighted by molar-refractivity contribution is 0.129. The number of imidazole rings is 1. The third-order valence-electron chi connectivity index (χ3n) is 7.85. The molecule has 0 atom stereocenters. The smallest absolute Gasteiger partial charge is 0.247 e. The lowest BCUT2D eigenvalue weighted by Gasteiger charge is -2.42. The van der Waals surface area contributed by atoms with Crippen molar-refractivity contribution in [3.63, 3.8) is 0 Å². The Balaban J connectivity index is 1.76. The zero-order valence-corrected chi connectivity index (χ0v) is 27.2. The van der Waals surface area contributed by atoms with E-state index in [1.165, 1.54) is 6.20 Å². The molecule has 0 N–H and O–H groups in total. The van der Waals surface area contributed by atoms with Crippen LogP contribution in [0.25, 0.3) is 33.6 Å². The maximum atomic E-state index is 12.3. The van der Waals surface area contributed by atoms with Gasteiger partial charge in [-0.25, -0.2) is 23.4 Å². The van der Waals surface area contributed by atoms with E-state index in [0.717, 1.165) is 35.0 Å². The van der Waals surface area contributed by atoms with Crippen LogP contribution in [0.15, 0.2) is 52.4 Å². The number of rotatable bonds is 13. The molecule has 0 fully saturated rings. The monoisotopic (exact) mass is 598 g/mol. The Kier molecular flexibility index (Phi) is 9.52. The zero-order valence-electron chi connectivity index (χ0n) is 25.3. The van der Waals surface area contributed by atoms with Gasteiger partial charge in [0.15, 0.2) is 8.32 Å². The molecule has 222 valence electrons. The number of methoxy groups -OCH3 is 1. The fourth-order valence-corrected chi connectivity index (χ4v) is 12.2.